The number of hydrogen-bond donors (Lipinski definition) is 0. The molecule has 0 spiro atoms. The number of fused-ring (bicyclic) bond motifs is 5. The highest BCUT2D eigenvalue weighted by molar-refractivity contribution is 6.23. The van der Waals surface area contributed by atoms with Crippen LogP contribution in [0.15, 0.2) is 48.5 Å². The Labute approximate surface area is 197 Å². The first-order valence-electron chi connectivity index (χ1n) is 12.0. The van der Waals surface area contributed by atoms with Crippen molar-refractivity contribution >= 4 is 35.1 Å². The Morgan fingerprint density at radius 1 is 0.941 bits per heavy atom. The molecule has 4 fully saturated rings. The van der Waals surface area contributed by atoms with Crippen LogP contribution in [0.25, 0.3) is 0 Å². The molecule has 2 aromatic carbocycles. The van der Waals surface area contributed by atoms with Gasteiger partial charge in [-0.15, -0.1) is 0 Å². The van der Waals surface area contributed by atoms with Gasteiger partial charge in [0.1, 0.15) is 0 Å². The normalized spacial score (nSPS) is 29.8. The minimum Gasteiger partial charge on any atom is -0.424 e. The Kier molecular flexibility index (Phi) is 4.83. The number of anilines is 2. The van der Waals surface area contributed by atoms with Gasteiger partial charge in [-0.2, -0.15) is 0 Å². The molecule has 2 aliphatic heterocycles. The molecular weight excluding hydrogens is 432 g/mol. The lowest BCUT2D eigenvalue weighted by Gasteiger charge is -2.21. The predicted octanol–water partition coefficient (Wildman–Crippen LogP) is 3.49. The molecule has 7 nitrogen and oxygen atoms in total. The summed E-state index contributed by atoms with van der Waals surface area (Å²) >= 11 is 0. The Bertz CT molecular complexity index is 1200. The lowest BCUT2D eigenvalue weighted by Crippen LogP contribution is -2.33. The molecule has 7 heteroatoms. The average molecular weight is 459 g/mol. The van der Waals surface area contributed by atoms with E-state index in [1.165, 1.54) is 4.90 Å². The number of ether oxygens (including phenoxy) is 1. The van der Waals surface area contributed by atoms with Crippen LogP contribution in [0, 0.1) is 36.5 Å². The van der Waals surface area contributed by atoms with Gasteiger partial charge in [0, 0.05) is 18.7 Å². The van der Waals surface area contributed by atoms with Gasteiger partial charge in [0.05, 0.1) is 23.4 Å². The molecule has 34 heavy (non-hydrogen) atoms. The fourth-order valence-corrected chi connectivity index (χ4v) is 6.48. The maximum atomic E-state index is 13.3. The number of esters is 1. The van der Waals surface area contributed by atoms with Gasteiger partial charge in [-0.05, 0) is 67.9 Å². The van der Waals surface area contributed by atoms with E-state index in [2.05, 4.69) is 0 Å². The van der Waals surface area contributed by atoms with Crippen LogP contribution in [-0.2, 0) is 19.2 Å². The van der Waals surface area contributed by atoms with Gasteiger partial charge in [-0.3, -0.25) is 19.2 Å². The molecule has 0 radical (unpaired) electrons. The fraction of sp³-hybridized carbons (Fsp3) is 0.407. The van der Waals surface area contributed by atoms with E-state index in [1.54, 1.807) is 29.2 Å². The topological polar surface area (TPSA) is 84.0 Å². The number of carbonyl (C=O) groups excluding carboxylic acids is 4. The summed E-state index contributed by atoms with van der Waals surface area (Å²) in [4.78, 5) is 55.0. The molecule has 2 saturated heterocycles. The number of benzene rings is 2. The molecule has 5 atom stereocenters. The first kappa shape index (κ1) is 21.1. The highest BCUT2D eigenvalue weighted by Crippen LogP contribution is 2.57. The highest BCUT2D eigenvalue weighted by atomic mass is 16.5. The summed E-state index contributed by atoms with van der Waals surface area (Å²) in [7, 11) is 0. The lowest BCUT2D eigenvalue weighted by atomic mass is 9.81. The smallest absolute Gasteiger partial charge is 0.316 e. The number of carbonyl (C=O) groups is 4. The zero-order valence-corrected chi connectivity index (χ0v) is 19.0. The largest absolute Gasteiger partial charge is 0.424 e. The zero-order chi connectivity index (χ0) is 23.6. The van der Waals surface area contributed by atoms with E-state index in [0.29, 0.717) is 5.69 Å². The average Bonchev–Trinajstić information content (AvgIpc) is 3.58. The van der Waals surface area contributed by atoms with E-state index < -0.39 is 11.9 Å². The third kappa shape index (κ3) is 3.17. The minimum atomic E-state index is -0.624. The van der Waals surface area contributed by atoms with Crippen LogP contribution < -0.4 is 14.5 Å². The van der Waals surface area contributed by atoms with Crippen LogP contribution in [0.3, 0.4) is 0 Å². The Morgan fingerprint density at radius 2 is 1.65 bits per heavy atom. The minimum absolute atomic E-state index is 0.0595. The maximum Gasteiger partial charge on any atom is 0.316 e. The second kappa shape index (κ2) is 7.79. The third-order valence-corrected chi connectivity index (χ3v) is 8.02. The highest BCUT2D eigenvalue weighted by Gasteiger charge is 2.61. The van der Waals surface area contributed by atoms with Crippen molar-refractivity contribution in [3.05, 3.63) is 54.1 Å². The Morgan fingerprint density at radius 3 is 2.35 bits per heavy atom. The van der Waals surface area contributed by atoms with E-state index >= 15 is 0 Å². The number of imide groups is 1. The van der Waals surface area contributed by atoms with Gasteiger partial charge < -0.3 is 9.64 Å². The van der Waals surface area contributed by atoms with Crippen molar-refractivity contribution in [1.29, 1.82) is 0 Å². The van der Waals surface area contributed by atoms with Crippen LogP contribution in [0.5, 0.6) is 5.75 Å². The number of aryl methyl sites for hydroxylation is 1. The number of nitrogens with zero attached hydrogens (tertiary/aromatic N) is 2. The van der Waals surface area contributed by atoms with Crippen molar-refractivity contribution in [3.8, 4) is 5.75 Å². The number of hydrogen-bond acceptors (Lipinski definition) is 5. The van der Waals surface area contributed by atoms with Gasteiger partial charge in [-0.1, -0.05) is 24.3 Å². The second-order valence-corrected chi connectivity index (χ2v) is 10.0. The number of amides is 3. The molecule has 4 aliphatic rings. The summed E-state index contributed by atoms with van der Waals surface area (Å²) < 4.78 is 5.72. The molecule has 2 aromatic rings. The van der Waals surface area contributed by atoms with Crippen molar-refractivity contribution < 1.29 is 23.9 Å². The van der Waals surface area contributed by atoms with Gasteiger partial charge in [0.15, 0.2) is 5.75 Å². The van der Waals surface area contributed by atoms with Crippen molar-refractivity contribution in [2.24, 2.45) is 29.6 Å². The first-order valence-corrected chi connectivity index (χ1v) is 12.0. The third-order valence-electron chi connectivity index (χ3n) is 8.02. The van der Waals surface area contributed by atoms with Crippen molar-refractivity contribution in [2.75, 3.05) is 16.3 Å². The van der Waals surface area contributed by atoms with Gasteiger partial charge in [-0.25, -0.2) is 4.90 Å². The quantitative estimate of drug-likeness (QED) is 0.398. The predicted molar refractivity (Wildman–Crippen MR) is 124 cm³/mol. The van der Waals surface area contributed by atoms with Crippen LogP contribution in [0.4, 0.5) is 11.4 Å². The number of rotatable bonds is 4. The van der Waals surface area contributed by atoms with Crippen molar-refractivity contribution in [3.63, 3.8) is 0 Å². The summed E-state index contributed by atoms with van der Waals surface area (Å²) in [5.74, 6) is -1.38. The maximum absolute atomic E-state index is 13.3. The molecule has 2 heterocycles. The molecular formula is C27H26N2O5. The van der Waals surface area contributed by atoms with E-state index in [-0.39, 0.29) is 60.1 Å². The molecule has 2 saturated carbocycles. The summed E-state index contributed by atoms with van der Waals surface area (Å²) in [6.07, 6.45) is 3.03. The van der Waals surface area contributed by atoms with E-state index in [4.69, 9.17) is 4.74 Å². The zero-order valence-electron chi connectivity index (χ0n) is 19.0. The van der Waals surface area contributed by atoms with Crippen LogP contribution in [0.2, 0.25) is 0 Å². The van der Waals surface area contributed by atoms with Crippen molar-refractivity contribution in [2.45, 2.75) is 32.6 Å². The molecule has 0 unspecified atom stereocenters. The van der Waals surface area contributed by atoms with E-state index in [1.807, 2.05) is 31.2 Å². The first-order chi connectivity index (χ1) is 16.4. The standard InChI is InChI=1S/C27H26N2O5/c1-15-5-4-6-19(11-15)28-14-18(13-22(28)30)27(33)34-21-8-3-2-7-20(21)29-25(31)23-16-9-10-17(12-16)24(23)26(29)32/h2-8,11,16-18,23-24H,9-10,12-14H2,1H3/t16-,17+,18-,23-,24+/m0/s1. The molecule has 0 N–H and O–H groups in total. The summed E-state index contributed by atoms with van der Waals surface area (Å²) in [5, 5.41) is 0. The summed E-state index contributed by atoms with van der Waals surface area (Å²) in [6, 6.07) is 14.3. The van der Waals surface area contributed by atoms with E-state index in [9.17, 15) is 19.2 Å². The van der Waals surface area contributed by atoms with Gasteiger partial charge in [0.2, 0.25) is 17.7 Å². The molecule has 0 aromatic heterocycles. The summed E-state index contributed by atoms with van der Waals surface area (Å²) in [5.41, 5.74) is 2.11. The summed E-state index contributed by atoms with van der Waals surface area (Å²) in [6.45, 7) is 2.19. The molecule has 3 amide bonds. The number of para-hydroxylation sites is 2. The molecule has 2 aliphatic carbocycles. The second-order valence-electron chi connectivity index (χ2n) is 10.0. The molecule has 6 rings (SSSR count). The molecule has 2 bridgehead atoms. The van der Waals surface area contributed by atoms with Crippen LogP contribution >= 0.6 is 0 Å². The van der Waals surface area contributed by atoms with E-state index in [0.717, 1.165) is 30.5 Å². The Balaban J connectivity index is 1.22. The van der Waals surface area contributed by atoms with Crippen LogP contribution in [0.1, 0.15) is 31.2 Å². The Hall–Kier alpha value is -3.48. The molecule has 174 valence electrons. The lowest BCUT2D eigenvalue weighted by molar-refractivity contribution is -0.139. The van der Waals surface area contributed by atoms with Crippen LogP contribution in [-0.4, -0.2) is 30.2 Å². The van der Waals surface area contributed by atoms with Gasteiger partial charge >= 0.3 is 5.97 Å². The fourth-order valence-electron chi connectivity index (χ4n) is 6.48. The van der Waals surface area contributed by atoms with Crippen molar-refractivity contribution in [1.82, 2.24) is 0 Å². The van der Waals surface area contributed by atoms with Gasteiger partial charge in [0.25, 0.3) is 0 Å². The monoisotopic (exact) mass is 458 g/mol. The SMILES string of the molecule is Cc1cccc(N2C[C@@H](C(=O)Oc3ccccc3N3C(=O)[C@@H]4[C@@H]5CC[C@@H](C5)[C@@H]4C3=O)CC2=O)c1.